The highest BCUT2D eigenvalue weighted by Gasteiger charge is 2.26. The second-order valence-electron chi connectivity index (χ2n) is 9.37. The Morgan fingerprint density at radius 1 is 1.11 bits per heavy atom. The van der Waals surface area contributed by atoms with Crippen LogP contribution in [-0.2, 0) is 11.3 Å². The van der Waals surface area contributed by atoms with Gasteiger partial charge in [-0.05, 0) is 60.8 Å². The Morgan fingerprint density at radius 3 is 2.61 bits per heavy atom. The predicted molar refractivity (Wildman–Crippen MR) is 147 cm³/mol. The number of piperidine rings is 1. The molecule has 5 heterocycles. The van der Waals surface area contributed by atoms with Gasteiger partial charge in [-0.25, -0.2) is 19.9 Å². The SMILES string of the molecule is CN(C)c1ncc(-c2ncccc2CNCC2CCN(c3nccc(C=C4SC(=O)NC4=O)n3)CC2)cn1. The Kier molecular flexibility index (Phi) is 7.89. The Bertz CT molecular complexity index is 1340. The van der Waals surface area contributed by atoms with Crippen molar-refractivity contribution in [3.05, 3.63) is 59.1 Å². The topological polar surface area (TPSA) is 129 Å². The minimum absolute atomic E-state index is 0.347. The zero-order valence-corrected chi connectivity index (χ0v) is 22.1. The summed E-state index contributed by atoms with van der Waals surface area (Å²) in [5.74, 6) is 1.47. The fourth-order valence-electron chi connectivity index (χ4n) is 4.41. The molecule has 3 aromatic heterocycles. The third-order valence-corrected chi connectivity index (χ3v) is 7.24. The van der Waals surface area contributed by atoms with Gasteiger partial charge >= 0.3 is 0 Å². The first kappa shape index (κ1) is 25.7. The maximum atomic E-state index is 11.8. The number of rotatable bonds is 8. The molecular formula is C26H29N9O2S. The standard InChI is InChI=1S/C26H29N9O2S/c1-34(2)24-30-15-19(16-31-24)22-18(4-3-8-28-22)14-27-13-17-6-10-35(11-7-17)25-29-9-5-20(32-25)12-21-23(36)33-26(37)38-21/h3-5,8-9,12,15-17,27H,6-7,10-11,13-14H2,1-2H3,(H,33,36,37). The number of nitrogens with one attached hydrogen (secondary N) is 2. The molecule has 12 heteroatoms. The molecule has 196 valence electrons. The molecule has 0 radical (unpaired) electrons. The number of hydrogen-bond acceptors (Lipinski definition) is 11. The Morgan fingerprint density at radius 2 is 1.89 bits per heavy atom. The van der Waals surface area contributed by atoms with E-state index in [4.69, 9.17) is 0 Å². The molecule has 0 bridgehead atoms. The van der Waals surface area contributed by atoms with Crippen molar-refractivity contribution in [2.75, 3.05) is 43.5 Å². The molecule has 5 rings (SSSR count). The maximum absolute atomic E-state index is 11.8. The number of carbonyl (C=O) groups is 2. The normalized spacial score (nSPS) is 17.2. The van der Waals surface area contributed by atoms with Gasteiger partial charge in [0.1, 0.15) is 0 Å². The van der Waals surface area contributed by atoms with Crippen LogP contribution in [-0.4, -0.2) is 69.8 Å². The number of nitrogens with zero attached hydrogens (tertiary/aromatic N) is 7. The van der Waals surface area contributed by atoms with E-state index in [1.54, 1.807) is 24.5 Å². The lowest BCUT2D eigenvalue weighted by Crippen LogP contribution is -2.38. The highest BCUT2D eigenvalue weighted by Crippen LogP contribution is 2.26. The molecule has 2 N–H and O–H groups in total. The number of thioether (sulfide) groups is 1. The Hall–Kier alpha value is -3.90. The van der Waals surface area contributed by atoms with Gasteiger partial charge in [0.15, 0.2) is 0 Å². The molecule has 0 unspecified atom stereocenters. The lowest BCUT2D eigenvalue weighted by atomic mass is 9.97. The summed E-state index contributed by atoms with van der Waals surface area (Å²) >= 11 is 0.886. The van der Waals surface area contributed by atoms with Crippen molar-refractivity contribution < 1.29 is 9.59 Å². The highest BCUT2D eigenvalue weighted by molar-refractivity contribution is 8.18. The molecule has 0 spiro atoms. The number of anilines is 2. The first-order chi connectivity index (χ1) is 18.5. The van der Waals surface area contributed by atoms with E-state index >= 15 is 0 Å². The lowest BCUT2D eigenvalue weighted by Gasteiger charge is -2.32. The number of pyridine rings is 1. The van der Waals surface area contributed by atoms with Crippen molar-refractivity contribution in [2.45, 2.75) is 19.4 Å². The second-order valence-corrected chi connectivity index (χ2v) is 10.4. The molecular weight excluding hydrogens is 502 g/mol. The summed E-state index contributed by atoms with van der Waals surface area (Å²) in [6.45, 7) is 3.33. The molecule has 0 saturated carbocycles. The Labute approximate surface area is 225 Å². The van der Waals surface area contributed by atoms with E-state index in [1.165, 1.54) is 0 Å². The van der Waals surface area contributed by atoms with E-state index < -0.39 is 0 Å². The zero-order chi connectivity index (χ0) is 26.5. The second kappa shape index (κ2) is 11.7. The van der Waals surface area contributed by atoms with Gasteiger partial charge in [-0.15, -0.1) is 0 Å². The quantitative estimate of drug-likeness (QED) is 0.416. The molecule has 2 aliphatic heterocycles. The van der Waals surface area contributed by atoms with Crippen LogP contribution < -0.4 is 20.4 Å². The van der Waals surface area contributed by atoms with E-state index in [-0.39, 0.29) is 11.1 Å². The van der Waals surface area contributed by atoms with Gasteiger partial charge in [-0.2, -0.15) is 0 Å². The average molecular weight is 532 g/mol. The van der Waals surface area contributed by atoms with Gasteiger partial charge in [0, 0.05) is 64.1 Å². The molecule has 2 fully saturated rings. The van der Waals surface area contributed by atoms with E-state index in [0.717, 1.165) is 61.1 Å². The summed E-state index contributed by atoms with van der Waals surface area (Å²) in [4.78, 5) is 50.1. The number of hydrogen-bond donors (Lipinski definition) is 2. The molecule has 3 aromatic rings. The monoisotopic (exact) mass is 531 g/mol. The predicted octanol–water partition coefficient (Wildman–Crippen LogP) is 2.72. The van der Waals surface area contributed by atoms with Gasteiger partial charge in [0.2, 0.25) is 11.9 Å². The van der Waals surface area contributed by atoms with Crippen LogP contribution in [0.3, 0.4) is 0 Å². The zero-order valence-electron chi connectivity index (χ0n) is 21.3. The lowest BCUT2D eigenvalue weighted by molar-refractivity contribution is -0.115. The van der Waals surface area contributed by atoms with Crippen LogP contribution in [0.2, 0.25) is 0 Å². The fourth-order valence-corrected chi connectivity index (χ4v) is 5.08. The molecule has 0 aliphatic carbocycles. The average Bonchev–Trinajstić information content (AvgIpc) is 3.25. The van der Waals surface area contributed by atoms with Crippen molar-refractivity contribution in [1.29, 1.82) is 0 Å². The summed E-state index contributed by atoms with van der Waals surface area (Å²) in [5.41, 5.74) is 3.52. The van der Waals surface area contributed by atoms with Crippen LogP contribution in [0, 0.1) is 5.92 Å². The summed E-state index contributed by atoms with van der Waals surface area (Å²) in [5, 5.41) is 5.51. The third-order valence-electron chi connectivity index (χ3n) is 6.43. The first-order valence-corrected chi connectivity index (χ1v) is 13.2. The minimum atomic E-state index is -0.387. The number of amides is 2. The van der Waals surface area contributed by atoms with Crippen molar-refractivity contribution in [1.82, 2.24) is 35.6 Å². The van der Waals surface area contributed by atoms with E-state index in [9.17, 15) is 9.59 Å². The molecule has 38 heavy (non-hydrogen) atoms. The molecule has 2 aliphatic rings. The number of aromatic nitrogens is 5. The van der Waals surface area contributed by atoms with Crippen molar-refractivity contribution in [2.24, 2.45) is 5.92 Å². The van der Waals surface area contributed by atoms with Gasteiger partial charge in [0.05, 0.1) is 16.3 Å². The van der Waals surface area contributed by atoms with Gasteiger partial charge in [0.25, 0.3) is 11.1 Å². The maximum Gasteiger partial charge on any atom is 0.290 e. The van der Waals surface area contributed by atoms with Crippen LogP contribution >= 0.6 is 11.8 Å². The minimum Gasteiger partial charge on any atom is -0.347 e. The largest absolute Gasteiger partial charge is 0.347 e. The van der Waals surface area contributed by atoms with E-state index in [1.807, 2.05) is 37.5 Å². The molecule has 2 amide bonds. The van der Waals surface area contributed by atoms with Gasteiger partial charge in [-0.3, -0.25) is 19.9 Å². The van der Waals surface area contributed by atoms with Crippen LogP contribution in [0.4, 0.5) is 16.7 Å². The van der Waals surface area contributed by atoms with Gasteiger partial charge in [-0.1, -0.05) is 6.07 Å². The van der Waals surface area contributed by atoms with Crippen molar-refractivity contribution in [3.63, 3.8) is 0 Å². The first-order valence-electron chi connectivity index (χ1n) is 12.4. The molecule has 2 saturated heterocycles. The van der Waals surface area contributed by atoms with Crippen LogP contribution in [0.5, 0.6) is 0 Å². The van der Waals surface area contributed by atoms with Gasteiger partial charge < -0.3 is 15.1 Å². The smallest absolute Gasteiger partial charge is 0.290 e. The highest BCUT2D eigenvalue weighted by atomic mass is 32.2. The van der Waals surface area contributed by atoms with Crippen LogP contribution in [0.15, 0.2) is 47.9 Å². The van der Waals surface area contributed by atoms with E-state index in [0.29, 0.717) is 35.0 Å². The summed E-state index contributed by atoms with van der Waals surface area (Å²) in [6, 6.07) is 5.77. The Balaban J connectivity index is 1.13. The molecule has 0 aromatic carbocycles. The van der Waals surface area contributed by atoms with E-state index in [2.05, 4.69) is 46.5 Å². The third kappa shape index (κ3) is 6.14. The number of imide groups is 1. The summed E-state index contributed by atoms with van der Waals surface area (Å²) in [7, 11) is 3.83. The molecule has 0 atom stereocenters. The number of carbonyl (C=O) groups excluding carboxylic acids is 2. The summed E-state index contributed by atoms with van der Waals surface area (Å²) < 4.78 is 0. The van der Waals surface area contributed by atoms with Crippen LogP contribution in [0.25, 0.3) is 17.3 Å². The van der Waals surface area contributed by atoms with Crippen LogP contribution in [0.1, 0.15) is 24.1 Å². The summed E-state index contributed by atoms with van der Waals surface area (Å²) in [6.07, 6.45) is 10.8. The van der Waals surface area contributed by atoms with Crippen molar-refractivity contribution in [3.8, 4) is 11.3 Å². The van der Waals surface area contributed by atoms with Crippen molar-refractivity contribution >= 4 is 40.9 Å². The fraction of sp³-hybridized carbons (Fsp3) is 0.346. The molecule has 11 nitrogen and oxygen atoms in total.